The van der Waals surface area contributed by atoms with Gasteiger partial charge >= 0.3 is 18.0 Å². The van der Waals surface area contributed by atoms with Crippen molar-refractivity contribution in [2.24, 2.45) is 0 Å². The summed E-state index contributed by atoms with van der Waals surface area (Å²) in [5.41, 5.74) is -8.41. The maximum absolute atomic E-state index is 14.0. The number of rotatable bonds is 5. The van der Waals surface area contributed by atoms with Gasteiger partial charge in [-0.05, 0) is 18.6 Å². The Morgan fingerprint density at radius 2 is 1.40 bits per heavy atom. The van der Waals surface area contributed by atoms with Crippen molar-refractivity contribution in [2.75, 3.05) is 6.16 Å². The Morgan fingerprint density at radius 1 is 0.880 bits per heavy atom. The molecule has 0 heterocycles. The molecule has 0 nitrogen and oxygen atoms in total. The lowest BCUT2D eigenvalue weighted by Crippen LogP contribution is -2.39. The first-order valence-corrected chi connectivity index (χ1v) is 8.15. The van der Waals surface area contributed by atoms with Crippen molar-refractivity contribution in [3.63, 3.8) is 0 Å². The van der Waals surface area contributed by atoms with E-state index in [0.29, 0.717) is 0 Å². The van der Waals surface area contributed by atoms with E-state index in [1.807, 2.05) is 0 Å². The van der Waals surface area contributed by atoms with Crippen LogP contribution in [-0.2, 0) is 6.18 Å². The Kier molecular flexibility index (Phi) is 6.35. The Balaban J connectivity index is 3.69. The molecule has 1 atom stereocenters. The smallest absolute Gasteiger partial charge is 0.206 e. The third-order valence-corrected chi connectivity index (χ3v) is 5.73. The molecule has 0 aliphatic rings. The molecule has 1 rings (SSSR count). The molecule has 0 bridgehead atoms. The van der Waals surface area contributed by atoms with Gasteiger partial charge in [0.15, 0.2) is 11.6 Å². The molecule has 0 aromatic heterocycles. The van der Waals surface area contributed by atoms with Gasteiger partial charge in [0.05, 0.1) is 0 Å². The average molecular weight is 406 g/mol. The molecule has 1 aromatic carbocycles. The molecule has 25 heavy (non-hydrogen) atoms. The third kappa shape index (κ3) is 4.35. The second kappa shape index (κ2) is 7.25. The number of hydrogen-bond acceptors (Lipinski definition) is 0. The van der Waals surface area contributed by atoms with Gasteiger partial charge in [-0.1, -0.05) is 13.3 Å². The normalized spacial score (nSPS) is 14.7. The van der Waals surface area contributed by atoms with E-state index in [2.05, 4.69) is 0 Å². The largest absolute Gasteiger partial charge is 0.457 e. The summed E-state index contributed by atoms with van der Waals surface area (Å²) in [4.78, 5) is 0. The van der Waals surface area contributed by atoms with Gasteiger partial charge < -0.3 is 0 Å². The first kappa shape index (κ1) is 21.9. The van der Waals surface area contributed by atoms with Gasteiger partial charge in [0.2, 0.25) is 0 Å². The van der Waals surface area contributed by atoms with Crippen molar-refractivity contribution in [3.05, 3.63) is 29.1 Å². The molecule has 0 aliphatic carbocycles. The Labute approximate surface area is 135 Å². The number of unbranched alkanes of at least 4 members (excludes halogenated alkanes) is 1. The van der Waals surface area contributed by atoms with Gasteiger partial charge in [0, 0.05) is 13.2 Å². The Hall–Kier alpha value is -1.12. The van der Waals surface area contributed by atoms with Gasteiger partial charge in [0.1, 0.15) is 11.4 Å². The van der Waals surface area contributed by atoms with Crippen molar-refractivity contribution >= 4 is 13.2 Å². The zero-order valence-electron chi connectivity index (χ0n) is 12.3. The third-order valence-electron chi connectivity index (χ3n) is 3.13. The van der Waals surface area contributed by atoms with Crippen LogP contribution in [0.5, 0.6) is 0 Å². The number of benzene rings is 1. The van der Waals surface area contributed by atoms with Gasteiger partial charge in [-0.25, -0.2) is 13.2 Å². The molecule has 0 N–H and O–H groups in total. The standard InChI is InChI=1S/C13H10F11P/c1-2-3-4-25(13(23,24)12(20,21)22)7-5-6(14)9(15)8(10(7)16)11(17,18)19/h5H,2-4H2,1H3. The molecule has 1 unspecified atom stereocenters. The maximum atomic E-state index is 14.0. The summed E-state index contributed by atoms with van der Waals surface area (Å²) in [6.07, 6.45) is -13.3. The lowest BCUT2D eigenvalue weighted by atomic mass is 10.2. The van der Waals surface area contributed by atoms with Crippen LogP contribution in [0.4, 0.5) is 48.3 Å². The van der Waals surface area contributed by atoms with Crippen LogP contribution in [0.2, 0.25) is 0 Å². The van der Waals surface area contributed by atoms with E-state index < -0.39 is 60.4 Å². The molecule has 0 spiro atoms. The van der Waals surface area contributed by atoms with Crippen LogP contribution in [0.25, 0.3) is 0 Å². The van der Waals surface area contributed by atoms with E-state index >= 15 is 0 Å². The predicted molar refractivity (Wildman–Crippen MR) is 68.6 cm³/mol. The van der Waals surface area contributed by atoms with Crippen LogP contribution < -0.4 is 5.30 Å². The monoisotopic (exact) mass is 406 g/mol. The lowest BCUT2D eigenvalue weighted by molar-refractivity contribution is -0.240. The zero-order valence-corrected chi connectivity index (χ0v) is 13.2. The number of alkyl halides is 8. The molecule has 0 saturated carbocycles. The van der Waals surface area contributed by atoms with Crippen LogP contribution >= 0.6 is 7.92 Å². The highest BCUT2D eigenvalue weighted by Crippen LogP contribution is 2.60. The molecule has 0 amide bonds. The second-order valence-electron chi connectivity index (χ2n) is 4.92. The first-order chi connectivity index (χ1) is 11.2. The molecule has 0 saturated heterocycles. The van der Waals surface area contributed by atoms with Crippen LogP contribution in [-0.4, -0.2) is 18.0 Å². The molecule has 0 fully saturated rings. The fourth-order valence-corrected chi connectivity index (χ4v) is 4.30. The molecular weight excluding hydrogens is 396 g/mol. The summed E-state index contributed by atoms with van der Waals surface area (Å²) in [6.45, 7) is 1.39. The maximum Gasteiger partial charge on any atom is 0.457 e. The summed E-state index contributed by atoms with van der Waals surface area (Å²) in [5, 5.41) is -1.81. The Bertz CT molecular complexity index is 618. The fourth-order valence-electron chi connectivity index (χ4n) is 1.92. The molecule has 1 aromatic rings. The minimum atomic E-state index is -6.19. The molecule has 12 heteroatoms. The molecule has 0 aliphatic heterocycles. The second-order valence-corrected chi connectivity index (χ2v) is 7.27. The minimum Gasteiger partial charge on any atom is -0.206 e. The first-order valence-electron chi connectivity index (χ1n) is 6.63. The van der Waals surface area contributed by atoms with E-state index in [4.69, 9.17) is 0 Å². The topological polar surface area (TPSA) is 0 Å². The Morgan fingerprint density at radius 3 is 1.80 bits per heavy atom. The van der Waals surface area contributed by atoms with Crippen molar-refractivity contribution < 1.29 is 48.3 Å². The highest BCUT2D eigenvalue weighted by molar-refractivity contribution is 7.66. The van der Waals surface area contributed by atoms with E-state index in [1.165, 1.54) is 6.92 Å². The van der Waals surface area contributed by atoms with Crippen molar-refractivity contribution in [3.8, 4) is 0 Å². The summed E-state index contributed by atoms with van der Waals surface area (Å²) >= 11 is 0. The number of halogens is 11. The molecule has 144 valence electrons. The summed E-state index contributed by atoms with van der Waals surface area (Å²) in [7, 11) is -3.95. The van der Waals surface area contributed by atoms with Crippen LogP contribution in [0.15, 0.2) is 6.07 Å². The quantitative estimate of drug-likeness (QED) is 0.311. The van der Waals surface area contributed by atoms with Crippen LogP contribution in [0, 0.1) is 17.5 Å². The van der Waals surface area contributed by atoms with Crippen molar-refractivity contribution in [1.82, 2.24) is 0 Å². The predicted octanol–water partition coefficient (Wildman–Crippen LogP) is 6.19. The SMILES string of the molecule is CCCCP(c1cc(F)c(F)c(C(F)(F)F)c1F)C(F)(F)C(F)(F)F. The van der Waals surface area contributed by atoms with Crippen LogP contribution in [0.1, 0.15) is 25.3 Å². The summed E-state index contributed by atoms with van der Waals surface area (Å²) in [6, 6.07) is -0.360. The van der Waals surface area contributed by atoms with E-state index in [0.717, 1.165) is 0 Å². The highest BCUT2D eigenvalue weighted by atomic mass is 31.1. The zero-order chi connectivity index (χ0) is 19.8. The molecule has 0 radical (unpaired) electrons. The van der Waals surface area contributed by atoms with E-state index in [1.54, 1.807) is 0 Å². The van der Waals surface area contributed by atoms with Gasteiger partial charge in [-0.2, -0.15) is 35.1 Å². The van der Waals surface area contributed by atoms with Crippen molar-refractivity contribution in [2.45, 2.75) is 37.8 Å². The number of hydrogen-bond donors (Lipinski definition) is 0. The van der Waals surface area contributed by atoms with Gasteiger partial charge in [0.25, 0.3) is 0 Å². The highest BCUT2D eigenvalue weighted by Gasteiger charge is 2.63. The summed E-state index contributed by atoms with van der Waals surface area (Å²) in [5.74, 6) is -7.71. The average Bonchev–Trinajstić information content (AvgIpc) is 2.41. The van der Waals surface area contributed by atoms with E-state index in [-0.39, 0.29) is 18.9 Å². The van der Waals surface area contributed by atoms with Gasteiger partial charge in [-0.15, -0.1) is 0 Å². The lowest BCUT2D eigenvalue weighted by Gasteiger charge is -2.30. The van der Waals surface area contributed by atoms with Gasteiger partial charge in [-0.3, -0.25) is 0 Å². The van der Waals surface area contributed by atoms with Crippen LogP contribution in [0.3, 0.4) is 0 Å². The molecular formula is C13H10F11P. The van der Waals surface area contributed by atoms with E-state index in [9.17, 15) is 48.3 Å². The summed E-state index contributed by atoms with van der Waals surface area (Å²) < 4.78 is 144. The van der Waals surface area contributed by atoms with Crippen molar-refractivity contribution in [1.29, 1.82) is 0 Å². The minimum absolute atomic E-state index is 0.0736. The fraction of sp³-hybridized carbons (Fsp3) is 0.538.